The number of hydrogen-bond acceptors (Lipinski definition) is 7. The Morgan fingerprint density at radius 1 is 0.872 bits per heavy atom. The molecule has 0 spiro atoms. The Bertz CT molecular complexity index is 1480. The van der Waals surface area contributed by atoms with E-state index in [0.717, 1.165) is 5.56 Å². The van der Waals surface area contributed by atoms with Gasteiger partial charge in [-0.05, 0) is 47.4 Å². The van der Waals surface area contributed by atoms with Gasteiger partial charge in [-0.1, -0.05) is 51.1 Å². The summed E-state index contributed by atoms with van der Waals surface area (Å²) in [5.74, 6) is -1.95. The van der Waals surface area contributed by atoms with Crippen LogP contribution in [0.1, 0.15) is 53.9 Å². The van der Waals surface area contributed by atoms with Crippen LogP contribution in [0.25, 0.3) is 5.76 Å². The van der Waals surface area contributed by atoms with E-state index in [0.29, 0.717) is 17.1 Å². The van der Waals surface area contributed by atoms with Crippen molar-refractivity contribution in [3.8, 4) is 11.5 Å². The molecule has 0 saturated carbocycles. The first-order valence-corrected chi connectivity index (χ1v) is 12.3. The quantitative estimate of drug-likeness (QED) is 0.197. The van der Waals surface area contributed by atoms with E-state index < -0.39 is 23.7 Å². The molecule has 1 aliphatic heterocycles. The number of methoxy groups -OCH3 is 3. The van der Waals surface area contributed by atoms with Crippen LogP contribution >= 0.6 is 0 Å². The van der Waals surface area contributed by atoms with Gasteiger partial charge in [0.15, 0.2) is 0 Å². The van der Waals surface area contributed by atoms with Gasteiger partial charge in [-0.2, -0.15) is 0 Å². The lowest BCUT2D eigenvalue weighted by Gasteiger charge is -2.27. The monoisotopic (exact) mass is 529 g/mol. The molecule has 8 heteroatoms. The van der Waals surface area contributed by atoms with Crippen molar-refractivity contribution >= 4 is 29.1 Å². The molecule has 3 aromatic carbocycles. The molecule has 1 aliphatic rings. The first kappa shape index (κ1) is 27.4. The number of nitrogens with zero attached hydrogens (tertiary/aromatic N) is 1. The van der Waals surface area contributed by atoms with Crippen molar-refractivity contribution in [3.63, 3.8) is 0 Å². The van der Waals surface area contributed by atoms with Crippen LogP contribution in [0.2, 0.25) is 0 Å². The van der Waals surface area contributed by atoms with E-state index in [1.165, 1.54) is 32.3 Å². The van der Waals surface area contributed by atoms with Crippen LogP contribution in [-0.2, 0) is 19.7 Å². The van der Waals surface area contributed by atoms with Gasteiger partial charge in [0.1, 0.15) is 17.3 Å². The molecule has 202 valence electrons. The zero-order valence-electron chi connectivity index (χ0n) is 22.8. The fourth-order valence-electron chi connectivity index (χ4n) is 4.69. The minimum atomic E-state index is -1.06. The molecule has 3 aromatic rings. The maximum absolute atomic E-state index is 13.7. The number of amides is 1. The van der Waals surface area contributed by atoms with Crippen molar-refractivity contribution in [2.45, 2.75) is 32.2 Å². The third-order valence-corrected chi connectivity index (χ3v) is 6.74. The molecule has 1 amide bonds. The Morgan fingerprint density at radius 3 is 2.21 bits per heavy atom. The number of rotatable bonds is 6. The van der Waals surface area contributed by atoms with Gasteiger partial charge in [0.25, 0.3) is 11.7 Å². The van der Waals surface area contributed by atoms with E-state index in [9.17, 15) is 19.5 Å². The number of para-hydroxylation sites is 1. The number of carbonyl (C=O) groups is 3. The van der Waals surface area contributed by atoms with E-state index in [2.05, 4.69) is 0 Å². The summed E-state index contributed by atoms with van der Waals surface area (Å²) in [5, 5.41) is 11.7. The van der Waals surface area contributed by atoms with Crippen LogP contribution in [0.5, 0.6) is 11.5 Å². The number of aliphatic hydroxyl groups is 1. The van der Waals surface area contributed by atoms with Gasteiger partial charge < -0.3 is 19.3 Å². The topological polar surface area (TPSA) is 102 Å². The summed E-state index contributed by atoms with van der Waals surface area (Å²) in [6.45, 7) is 6.09. The molecule has 8 nitrogen and oxygen atoms in total. The summed E-state index contributed by atoms with van der Waals surface area (Å²) >= 11 is 0. The maximum atomic E-state index is 13.7. The molecule has 0 radical (unpaired) electrons. The zero-order chi connectivity index (χ0) is 28.5. The van der Waals surface area contributed by atoms with Crippen molar-refractivity contribution in [1.82, 2.24) is 0 Å². The SMILES string of the molecule is COC(=O)c1cccc(N2C(=O)C(=O)/C(=C(/O)c3cc(C(C)(C)C)ccc3OC)C2c2ccccc2OC)c1. The Kier molecular flexibility index (Phi) is 7.49. The first-order valence-electron chi connectivity index (χ1n) is 12.3. The summed E-state index contributed by atoms with van der Waals surface area (Å²) in [6.07, 6.45) is 0. The summed E-state index contributed by atoms with van der Waals surface area (Å²) in [6, 6.07) is 17.5. The molecular formula is C31H31NO7. The zero-order valence-corrected chi connectivity index (χ0v) is 22.8. The average Bonchev–Trinajstić information content (AvgIpc) is 3.21. The summed E-state index contributed by atoms with van der Waals surface area (Å²) in [7, 11) is 4.21. The number of benzene rings is 3. The van der Waals surface area contributed by atoms with E-state index >= 15 is 0 Å². The van der Waals surface area contributed by atoms with Crippen molar-refractivity contribution in [2.75, 3.05) is 26.2 Å². The molecule has 39 heavy (non-hydrogen) atoms. The second kappa shape index (κ2) is 10.6. The van der Waals surface area contributed by atoms with Gasteiger partial charge in [0, 0.05) is 11.3 Å². The van der Waals surface area contributed by atoms with Crippen LogP contribution in [0.3, 0.4) is 0 Å². The molecule has 1 N–H and O–H groups in total. The number of ketones is 1. The highest BCUT2D eigenvalue weighted by molar-refractivity contribution is 6.51. The second-order valence-electron chi connectivity index (χ2n) is 10.1. The molecule has 0 aromatic heterocycles. The third kappa shape index (κ3) is 4.97. The van der Waals surface area contributed by atoms with Crippen LogP contribution in [-0.4, -0.2) is 44.1 Å². The number of aliphatic hydroxyl groups excluding tert-OH is 1. The summed E-state index contributed by atoms with van der Waals surface area (Å²) in [5.41, 5.74) is 1.77. The molecule has 1 saturated heterocycles. The van der Waals surface area contributed by atoms with Crippen LogP contribution in [0.4, 0.5) is 5.69 Å². The Labute approximate surface area is 227 Å². The number of Topliss-reactive ketones (excluding diaryl/α,β-unsaturated/α-hetero) is 1. The van der Waals surface area contributed by atoms with Crippen molar-refractivity contribution in [2.24, 2.45) is 0 Å². The van der Waals surface area contributed by atoms with Gasteiger partial charge in [-0.15, -0.1) is 0 Å². The standard InChI is InChI=1S/C31H31NO7/c1-31(2,3)19-14-15-24(38-5)22(17-19)27(33)25-26(21-12-7-8-13-23(21)37-4)32(29(35)28(25)34)20-11-9-10-18(16-20)30(36)39-6/h7-17,26,33H,1-6H3/b27-25+. The number of carbonyl (C=O) groups excluding carboxylic acids is 3. The smallest absolute Gasteiger partial charge is 0.337 e. The molecule has 1 fully saturated rings. The summed E-state index contributed by atoms with van der Waals surface area (Å²) in [4.78, 5) is 40.8. The van der Waals surface area contributed by atoms with E-state index in [4.69, 9.17) is 14.2 Å². The molecule has 0 bridgehead atoms. The summed E-state index contributed by atoms with van der Waals surface area (Å²) < 4.78 is 15.9. The van der Waals surface area contributed by atoms with Gasteiger partial charge in [-0.3, -0.25) is 14.5 Å². The molecule has 1 atom stereocenters. The predicted molar refractivity (Wildman–Crippen MR) is 147 cm³/mol. The van der Waals surface area contributed by atoms with Crippen molar-refractivity contribution < 1.29 is 33.7 Å². The minimum Gasteiger partial charge on any atom is -0.507 e. The fraction of sp³-hybridized carbons (Fsp3) is 0.258. The highest BCUT2D eigenvalue weighted by atomic mass is 16.5. The van der Waals surface area contributed by atoms with E-state index in [1.807, 2.05) is 26.8 Å². The predicted octanol–water partition coefficient (Wildman–Crippen LogP) is 5.41. The fourth-order valence-corrected chi connectivity index (χ4v) is 4.69. The van der Waals surface area contributed by atoms with Crippen molar-refractivity contribution in [3.05, 3.63) is 94.6 Å². The highest BCUT2D eigenvalue weighted by Gasteiger charge is 2.48. The molecule has 4 rings (SSSR count). The lowest BCUT2D eigenvalue weighted by molar-refractivity contribution is -0.132. The molecule has 0 aliphatic carbocycles. The number of anilines is 1. The van der Waals surface area contributed by atoms with Crippen LogP contribution in [0, 0.1) is 0 Å². The maximum Gasteiger partial charge on any atom is 0.337 e. The van der Waals surface area contributed by atoms with Gasteiger partial charge in [0.2, 0.25) is 0 Å². The average molecular weight is 530 g/mol. The van der Waals surface area contributed by atoms with Crippen LogP contribution in [0.15, 0.2) is 72.3 Å². The highest BCUT2D eigenvalue weighted by Crippen LogP contribution is 2.46. The lowest BCUT2D eigenvalue weighted by Crippen LogP contribution is -2.29. The van der Waals surface area contributed by atoms with Crippen LogP contribution < -0.4 is 14.4 Å². The van der Waals surface area contributed by atoms with Gasteiger partial charge in [-0.25, -0.2) is 4.79 Å². The number of hydrogen-bond donors (Lipinski definition) is 1. The van der Waals surface area contributed by atoms with E-state index in [1.54, 1.807) is 54.6 Å². The molecular weight excluding hydrogens is 498 g/mol. The Hall–Kier alpha value is -4.59. The normalized spacial score (nSPS) is 16.8. The first-order chi connectivity index (χ1) is 18.5. The van der Waals surface area contributed by atoms with E-state index in [-0.39, 0.29) is 33.6 Å². The van der Waals surface area contributed by atoms with Gasteiger partial charge in [0.05, 0.1) is 44.1 Å². The van der Waals surface area contributed by atoms with Crippen molar-refractivity contribution in [1.29, 1.82) is 0 Å². The number of ether oxygens (including phenoxy) is 3. The second-order valence-corrected chi connectivity index (χ2v) is 10.1. The largest absolute Gasteiger partial charge is 0.507 e. The lowest BCUT2D eigenvalue weighted by atomic mass is 9.85. The number of esters is 1. The third-order valence-electron chi connectivity index (χ3n) is 6.74. The Morgan fingerprint density at radius 2 is 1.56 bits per heavy atom. The Balaban J connectivity index is 2.03. The molecule has 1 heterocycles. The minimum absolute atomic E-state index is 0.127. The van der Waals surface area contributed by atoms with Gasteiger partial charge >= 0.3 is 5.97 Å². The molecule has 1 unspecified atom stereocenters.